The van der Waals surface area contributed by atoms with Crippen molar-refractivity contribution in [3.8, 4) is 0 Å². The summed E-state index contributed by atoms with van der Waals surface area (Å²) in [5, 5.41) is 2.82. The summed E-state index contributed by atoms with van der Waals surface area (Å²) in [5.41, 5.74) is 2.46. The van der Waals surface area contributed by atoms with Crippen LogP contribution in [0.2, 0.25) is 0 Å². The lowest BCUT2D eigenvalue weighted by Gasteiger charge is -2.07. The van der Waals surface area contributed by atoms with Crippen LogP contribution in [0, 0.1) is 6.92 Å². The first-order valence-electron chi connectivity index (χ1n) is 5.88. The van der Waals surface area contributed by atoms with E-state index in [1.54, 1.807) is 30.5 Å². The number of amides is 1. The van der Waals surface area contributed by atoms with Crippen molar-refractivity contribution in [3.05, 3.63) is 59.7 Å². The van der Waals surface area contributed by atoms with E-state index >= 15 is 0 Å². The zero-order valence-electron chi connectivity index (χ0n) is 10.8. The summed E-state index contributed by atoms with van der Waals surface area (Å²) < 4.78 is 11.3. The molecule has 1 N–H and O–H groups in total. The van der Waals surface area contributed by atoms with E-state index in [1.807, 2.05) is 31.2 Å². The summed E-state index contributed by atoms with van der Waals surface area (Å²) >= 11 is -1.02. The van der Waals surface area contributed by atoms with E-state index in [9.17, 15) is 9.35 Å². The number of carbonyl (C=O) groups is 1. The topological polar surface area (TPSA) is 52.2 Å². The van der Waals surface area contributed by atoms with Gasteiger partial charge in [-0.1, -0.05) is 17.7 Å². The third-order valence-corrected chi connectivity index (χ3v) is 3.69. The average molecular weight is 273 g/mol. The molecule has 1 amide bonds. The van der Waals surface area contributed by atoms with Gasteiger partial charge in [0.25, 0.3) is 5.91 Å². The molecule has 2 aromatic carbocycles. The molecule has 0 saturated heterocycles. The molecule has 0 fully saturated rings. The Morgan fingerprint density at radius 2 is 1.63 bits per heavy atom. The summed E-state index contributed by atoms with van der Waals surface area (Å²) in [6, 6.07) is 14.4. The van der Waals surface area contributed by atoms with Gasteiger partial charge < -0.3 is 9.87 Å². The molecule has 4 heteroatoms. The minimum Gasteiger partial charge on any atom is -0.612 e. The van der Waals surface area contributed by atoms with Crippen molar-refractivity contribution >= 4 is 22.8 Å². The van der Waals surface area contributed by atoms with Crippen molar-refractivity contribution in [1.82, 2.24) is 0 Å². The number of hydrogen-bond donors (Lipinski definition) is 1. The first-order valence-corrected chi connectivity index (χ1v) is 7.43. The monoisotopic (exact) mass is 273 g/mol. The minimum absolute atomic E-state index is 0.169. The SMILES string of the molecule is Cc1ccc(NC(=O)c2ccc([S+](C)[O-])cc2)cc1. The van der Waals surface area contributed by atoms with Gasteiger partial charge in [-0.15, -0.1) is 0 Å². The highest BCUT2D eigenvalue weighted by atomic mass is 32.2. The van der Waals surface area contributed by atoms with Gasteiger partial charge in [0, 0.05) is 11.3 Å². The first kappa shape index (κ1) is 13.6. The molecule has 2 rings (SSSR count). The summed E-state index contributed by atoms with van der Waals surface area (Å²) in [4.78, 5) is 12.7. The number of nitrogens with one attached hydrogen (secondary N) is 1. The third kappa shape index (κ3) is 3.59. The standard InChI is InChI=1S/C15H15NO2S/c1-11-3-7-13(8-4-11)16-15(17)12-5-9-14(10-6-12)19(2)18/h3-10H,1-2H3,(H,16,17). The smallest absolute Gasteiger partial charge is 0.255 e. The van der Waals surface area contributed by atoms with Crippen LogP contribution in [-0.4, -0.2) is 16.7 Å². The molecule has 0 aromatic heterocycles. The molecule has 0 saturated carbocycles. The van der Waals surface area contributed by atoms with Crippen LogP contribution in [-0.2, 0) is 11.2 Å². The first-order chi connectivity index (χ1) is 9.06. The van der Waals surface area contributed by atoms with E-state index in [-0.39, 0.29) is 5.91 Å². The predicted octanol–water partition coefficient (Wildman–Crippen LogP) is 2.98. The van der Waals surface area contributed by atoms with E-state index in [0.29, 0.717) is 10.5 Å². The molecule has 1 atom stereocenters. The largest absolute Gasteiger partial charge is 0.612 e. The van der Waals surface area contributed by atoms with Gasteiger partial charge in [-0.25, -0.2) is 0 Å². The molecular weight excluding hydrogens is 258 g/mol. The van der Waals surface area contributed by atoms with E-state index in [1.165, 1.54) is 0 Å². The van der Waals surface area contributed by atoms with Gasteiger partial charge in [-0.05, 0) is 54.5 Å². The fourth-order valence-corrected chi connectivity index (χ4v) is 2.16. The number of rotatable bonds is 3. The Morgan fingerprint density at radius 3 is 2.16 bits per heavy atom. The number of anilines is 1. The van der Waals surface area contributed by atoms with Crippen molar-refractivity contribution < 1.29 is 9.35 Å². The van der Waals surface area contributed by atoms with Crippen molar-refractivity contribution in [2.45, 2.75) is 11.8 Å². The van der Waals surface area contributed by atoms with Crippen LogP contribution in [0.3, 0.4) is 0 Å². The lowest BCUT2D eigenvalue weighted by Crippen LogP contribution is -2.12. The van der Waals surface area contributed by atoms with Gasteiger partial charge in [-0.2, -0.15) is 0 Å². The molecule has 19 heavy (non-hydrogen) atoms. The number of hydrogen-bond acceptors (Lipinski definition) is 2. The maximum absolute atomic E-state index is 12.0. The minimum atomic E-state index is -1.02. The van der Waals surface area contributed by atoms with Gasteiger partial charge in [0.05, 0.1) is 0 Å². The molecule has 0 bridgehead atoms. The van der Waals surface area contributed by atoms with Crippen LogP contribution in [0.15, 0.2) is 53.4 Å². The van der Waals surface area contributed by atoms with Crippen molar-refractivity contribution in [3.63, 3.8) is 0 Å². The number of aryl methyl sites for hydroxylation is 1. The van der Waals surface area contributed by atoms with Crippen LogP contribution < -0.4 is 5.32 Å². The normalized spacial score (nSPS) is 11.9. The molecule has 98 valence electrons. The van der Waals surface area contributed by atoms with Gasteiger partial charge in [0.1, 0.15) is 6.26 Å². The van der Waals surface area contributed by atoms with Gasteiger partial charge in [0.2, 0.25) is 0 Å². The Balaban J connectivity index is 2.09. The summed E-state index contributed by atoms with van der Waals surface area (Å²) in [6.45, 7) is 2.00. The zero-order chi connectivity index (χ0) is 13.8. The molecule has 0 aliphatic rings. The lowest BCUT2D eigenvalue weighted by molar-refractivity contribution is 0.102. The van der Waals surface area contributed by atoms with Crippen molar-refractivity contribution in [1.29, 1.82) is 0 Å². The van der Waals surface area contributed by atoms with E-state index in [2.05, 4.69) is 5.32 Å². The maximum Gasteiger partial charge on any atom is 0.255 e. The molecule has 0 aliphatic heterocycles. The third-order valence-electron chi connectivity index (χ3n) is 2.76. The second-order valence-electron chi connectivity index (χ2n) is 4.30. The number of benzene rings is 2. The van der Waals surface area contributed by atoms with Crippen LogP contribution in [0.1, 0.15) is 15.9 Å². The van der Waals surface area contributed by atoms with Gasteiger partial charge >= 0.3 is 0 Å². The fourth-order valence-electron chi connectivity index (χ4n) is 1.64. The Labute approximate surface area is 115 Å². The number of carbonyl (C=O) groups excluding carboxylic acids is 1. The van der Waals surface area contributed by atoms with Gasteiger partial charge in [0.15, 0.2) is 4.90 Å². The van der Waals surface area contributed by atoms with Crippen LogP contribution in [0.25, 0.3) is 0 Å². The Kier molecular flexibility index (Phi) is 4.24. The highest BCUT2D eigenvalue weighted by Gasteiger charge is 2.08. The quantitative estimate of drug-likeness (QED) is 0.874. The Bertz CT molecular complexity index is 562. The molecule has 0 spiro atoms. The van der Waals surface area contributed by atoms with Gasteiger partial charge in [-0.3, -0.25) is 4.79 Å². The Morgan fingerprint density at radius 1 is 1.05 bits per heavy atom. The molecular formula is C15H15NO2S. The van der Waals surface area contributed by atoms with Crippen molar-refractivity contribution in [2.24, 2.45) is 0 Å². The van der Waals surface area contributed by atoms with Crippen molar-refractivity contribution in [2.75, 3.05) is 11.6 Å². The summed E-state index contributed by atoms with van der Waals surface area (Å²) in [5.74, 6) is -0.169. The Hall–Kier alpha value is -1.78. The van der Waals surface area contributed by atoms with E-state index in [0.717, 1.165) is 11.3 Å². The van der Waals surface area contributed by atoms with Crippen LogP contribution in [0.4, 0.5) is 5.69 Å². The maximum atomic E-state index is 12.0. The molecule has 3 nitrogen and oxygen atoms in total. The van der Waals surface area contributed by atoms with Crippen LogP contribution >= 0.6 is 0 Å². The highest BCUT2D eigenvalue weighted by molar-refractivity contribution is 7.90. The molecule has 0 radical (unpaired) electrons. The highest BCUT2D eigenvalue weighted by Crippen LogP contribution is 2.13. The average Bonchev–Trinajstić information content (AvgIpc) is 2.41. The second kappa shape index (κ2) is 5.91. The molecule has 0 heterocycles. The zero-order valence-corrected chi connectivity index (χ0v) is 11.7. The fraction of sp³-hybridized carbons (Fsp3) is 0.133. The summed E-state index contributed by atoms with van der Waals surface area (Å²) in [7, 11) is 0. The molecule has 0 aliphatic carbocycles. The van der Waals surface area contributed by atoms with E-state index < -0.39 is 11.2 Å². The molecule has 1 unspecified atom stereocenters. The van der Waals surface area contributed by atoms with E-state index in [4.69, 9.17) is 0 Å². The molecule has 2 aromatic rings. The second-order valence-corrected chi connectivity index (χ2v) is 5.68. The lowest BCUT2D eigenvalue weighted by atomic mass is 10.2. The predicted molar refractivity (Wildman–Crippen MR) is 77.9 cm³/mol. The summed E-state index contributed by atoms with van der Waals surface area (Å²) in [6.07, 6.45) is 1.61. The van der Waals surface area contributed by atoms with Crippen LogP contribution in [0.5, 0.6) is 0 Å².